The molecule has 0 fully saturated rings. The maximum Gasteiger partial charge on any atom is 0.142 e. The number of pyridine rings is 1. The van der Waals surface area contributed by atoms with Crippen LogP contribution < -0.4 is 5.32 Å². The zero-order chi connectivity index (χ0) is 13.0. The Balaban J connectivity index is 2.00. The third-order valence-corrected chi connectivity index (χ3v) is 3.57. The Morgan fingerprint density at radius 1 is 1.39 bits per heavy atom. The number of nitriles is 1. The third kappa shape index (κ3) is 3.05. The second kappa shape index (κ2) is 5.61. The minimum Gasteiger partial charge on any atom is -0.364 e. The predicted molar refractivity (Wildman–Crippen MR) is 72.5 cm³/mol. The molecule has 0 bridgehead atoms. The Bertz CT molecular complexity index is 568. The van der Waals surface area contributed by atoms with Crippen molar-refractivity contribution in [1.82, 2.24) is 9.97 Å². The summed E-state index contributed by atoms with van der Waals surface area (Å²) in [6.45, 7) is 4.90. The molecule has 0 saturated heterocycles. The summed E-state index contributed by atoms with van der Waals surface area (Å²) in [4.78, 5) is 8.68. The van der Waals surface area contributed by atoms with Crippen LogP contribution in [-0.2, 0) is 6.54 Å². The van der Waals surface area contributed by atoms with Crippen LogP contribution in [0.25, 0.3) is 0 Å². The third-order valence-electron chi connectivity index (χ3n) is 2.38. The Kier molecular flexibility index (Phi) is 3.90. The van der Waals surface area contributed by atoms with E-state index in [-0.39, 0.29) is 0 Å². The first kappa shape index (κ1) is 12.5. The van der Waals surface area contributed by atoms with Gasteiger partial charge in [-0.25, -0.2) is 9.97 Å². The van der Waals surface area contributed by atoms with Crippen LogP contribution in [0.2, 0.25) is 0 Å². The average molecular weight is 258 g/mol. The molecular weight excluding hydrogens is 244 g/mol. The van der Waals surface area contributed by atoms with E-state index in [0.717, 1.165) is 10.7 Å². The van der Waals surface area contributed by atoms with Gasteiger partial charge < -0.3 is 5.32 Å². The summed E-state index contributed by atoms with van der Waals surface area (Å²) in [6.07, 6.45) is 0. The summed E-state index contributed by atoms with van der Waals surface area (Å²) >= 11 is 1.68. The first-order chi connectivity index (χ1) is 8.69. The number of nitrogens with zero attached hydrogens (tertiary/aromatic N) is 3. The molecule has 92 valence electrons. The molecule has 0 aromatic carbocycles. The van der Waals surface area contributed by atoms with Gasteiger partial charge in [0.1, 0.15) is 17.6 Å². The van der Waals surface area contributed by atoms with Crippen LogP contribution in [0.4, 0.5) is 5.82 Å². The van der Waals surface area contributed by atoms with E-state index in [9.17, 15) is 0 Å². The molecule has 0 unspecified atom stereocenters. The summed E-state index contributed by atoms with van der Waals surface area (Å²) in [7, 11) is 0. The topological polar surface area (TPSA) is 61.6 Å². The van der Waals surface area contributed by atoms with Crippen molar-refractivity contribution in [3.8, 4) is 6.07 Å². The van der Waals surface area contributed by atoms with Gasteiger partial charge >= 0.3 is 0 Å². The van der Waals surface area contributed by atoms with Gasteiger partial charge in [-0.1, -0.05) is 19.9 Å². The number of nitrogens with one attached hydrogen (secondary N) is 1. The Hall–Kier alpha value is -1.93. The Morgan fingerprint density at radius 2 is 2.22 bits per heavy atom. The zero-order valence-corrected chi connectivity index (χ0v) is 11.2. The van der Waals surface area contributed by atoms with Crippen molar-refractivity contribution < 1.29 is 0 Å². The lowest BCUT2D eigenvalue weighted by Gasteiger charge is -2.03. The molecule has 0 aliphatic carbocycles. The smallest absolute Gasteiger partial charge is 0.142 e. The lowest BCUT2D eigenvalue weighted by Crippen LogP contribution is -2.02. The molecular formula is C13H14N4S. The minimum absolute atomic E-state index is 0.418. The Labute approximate surface area is 110 Å². The van der Waals surface area contributed by atoms with Gasteiger partial charge in [0.05, 0.1) is 17.2 Å². The van der Waals surface area contributed by atoms with Gasteiger partial charge in [-0.05, 0) is 12.1 Å². The molecule has 0 aliphatic heterocycles. The number of thiazole rings is 1. The fraction of sp³-hybridized carbons (Fsp3) is 0.308. The summed E-state index contributed by atoms with van der Waals surface area (Å²) in [5.74, 6) is 1.16. The van der Waals surface area contributed by atoms with Crippen LogP contribution in [0.15, 0.2) is 23.6 Å². The molecule has 0 spiro atoms. The highest BCUT2D eigenvalue weighted by atomic mass is 32.1. The van der Waals surface area contributed by atoms with Gasteiger partial charge in [0, 0.05) is 11.3 Å². The molecule has 18 heavy (non-hydrogen) atoms. The van der Waals surface area contributed by atoms with Gasteiger partial charge in [-0.15, -0.1) is 11.3 Å². The van der Waals surface area contributed by atoms with E-state index < -0.39 is 0 Å². The highest BCUT2D eigenvalue weighted by molar-refractivity contribution is 7.09. The molecule has 0 atom stereocenters. The molecule has 0 saturated carbocycles. The second-order valence-corrected chi connectivity index (χ2v) is 5.09. The normalized spacial score (nSPS) is 10.3. The van der Waals surface area contributed by atoms with Gasteiger partial charge in [0.15, 0.2) is 0 Å². The first-order valence-electron chi connectivity index (χ1n) is 5.74. The standard InChI is InChI=1S/C13H14N4S/c1-9(2)13-17-11(8-18-13)7-15-12-5-3-4-10(6-14)16-12/h3-5,8-9H,7H2,1-2H3,(H,15,16). The van der Waals surface area contributed by atoms with E-state index >= 15 is 0 Å². The van der Waals surface area contributed by atoms with Crippen molar-refractivity contribution in [3.05, 3.63) is 40.0 Å². The van der Waals surface area contributed by atoms with E-state index in [1.165, 1.54) is 0 Å². The fourth-order valence-electron chi connectivity index (χ4n) is 1.45. The molecule has 2 aromatic rings. The maximum absolute atomic E-state index is 8.76. The summed E-state index contributed by atoms with van der Waals surface area (Å²) in [5.41, 5.74) is 1.43. The molecule has 2 rings (SSSR count). The Morgan fingerprint density at radius 3 is 2.89 bits per heavy atom. The highest BCUT2D eigenvalue weighted by Gasteiger charge is 2.05. The number of anilines is 1. The van der Waals surface area contributed by atoms with E-state index in [0.29, 0.717) is 24.0 Å². The number of hydrogen-bond donors (Lipinski definition) is 1. The van der Waals surface area contributed by atoms with E-state index in [4.69, 9.17) is 5.26 Å². The average Bonchev–Trinajstić information content (AvgIpc) is 2.85. The van der Waals surface area contributed by atoms with Crippen molar-refractivity contribution in [3.63, 3.8) is 0 Å². The van der Waals surface area contributed by atoms with Crippen LogP contribution in [0.5, 0.6) is 0 Å². The van der Waals surface area contributed by atoms with Gasteiger partial charge in [-0.2, -0.15) is 5.26 Å². The first-order valence-corrected chi connectivity index (χ1v) is 6.62. The molecule has 4 nitrogen and oxygen atoms in total. The molecule has 2 aromatic heterocycles. The van der Waals surface area contributed by atoms with E-state index in [1.54, 1.807) is 17.4 Å². The fourth-order valence-corrected chi connectivity index (χ4v) is 2.28. The summed E-state index contributed by atoms with van der Waals surface area (Å²) in [6, 6.07) is 7.36. The second-order valence-electron chi connectivity index (χ2n) is 4.21. The molecule has 0 radical (unpaired) electrons. The van der Waals surface area contributed by atoms with Crippen molar-refractivity contribution in [2.45, 2.75) is 26.3 Å². The van der Waals surface area contributed by atoms with Gasteiger partial charge in [0.2, 0.25) is 0 Å². The minimum atomic E-state index is 0.418. The van der Waals surface area contributed by atoms with Crippen LogP contribution >= 0.6 is 11.3 Å². The summed E-state index contributed by atoms with van der Waals surface area (Å²) in [5, 5.41) is 15.1. The monoisotopic (exact) mass is 258 g/mol. The van der Waals surface area contributed by atoms with Crippen molar-refractivity contribution in [2.24, 2.45) is 0 Å². The number of aromatic nitrogens is 2. The molecule has 1 N–H and O–H groups in total. The van der Waals surface area contributed by atoms with E-state index in [1.807, 2.05) is 18.2 Å². The lowest BCUT2D eigenvalue weighted by atomic mass is 10.2. The molecule has 0 amide bonds. The van der Waals surface area contributed by atoms with Crippen LogP contribution in [0, 0.1) is 11.3 Å². The number of hydrogen-bond acceptors (Lipinski definition) is 5. The van der Waals surface area contributed by atoms with Crippen LogP contribution in [0.1, 0.15) is 36.2 Å². The number of rotatable bonds is 4. The van der Waals surface area contributed by atoms with Crippen molar-refractivity contribution >= 4 is 17.2 Å². The lowest BCUT2D eigenvalue weighted by molar-refractivity contribution is 0.840. The maximum atomic E-state index is 8.76. The summed E-state index contributed by atoms with van der Waals surface area (Å²) < 4.78 is 0. The molecule has 0 aliphatic rings. The van der Waals surface area contributed by atoms with Crippen LogP contribution in [0.3, 0.4) is 0 Å². The van der Waals surface area contributed by atoms with Gasteiger partial charge in [-0.3, -0.25) is 0 Å². The van der Waals surface area contributed by atoms with E-state index in [2.05, 4.69) is 34.5 Å². The van der Waals surface area contributed by atoms with Crippen LogP contribution in [-0.4, -0.2) is 9.97 Å². The SMILES string of the molecule is CC(C)c1nc(CNc2cccc(C#N)n2)cs1. The predicted octanol–water partition coefficient (Wildman–Crippen LogP) is 3.15. The highest BCUT2D eigenvalue weighted by Crippen LogP contribution is 2.19. The van der Waals surface area contributed by atoms with Gasteiger partial charge in [0.25, 0.3) is 0 Å². The zero-order valence-electron chi connectivity index (χ0n) is 10.3. The molecule has 5 heteroatoms. The van der Waals surface area contributed by atoms with Crippen molar-refractivity contribution in [1.29, 1.82) is 5.26 Å². The quantitative estimate of drug-likeness (QED) is 0.915. The van der Waals surface area contributed by atoms with Crippen molar-refractivity contribution in [2.75, 3.05) is 5.32 Å². The molecule has 2 heterocycles. The largest absolute Gasteiger partial charge is 0.364 e.